The average molecular weight is 273 g/mol. The molecule has 2 aromatic heterocycles. The average Bonchev–Trinajstić information content (AvgIpc) is 2.93. The number of H-pyrrole nitrogens is 1. The molecule has 0 unspecified atom stereocenters. The van der Waals surface area contributed by atoms with E-state index >= 15 is 0 Å². The molecule has 20 heavy (non-hydrogen) atoms. The van der Waals surface area contributed by atoms with Crippen molar-refractivity contribution in [2.24, 2.45) is 5.84 Å². The van der Waals surface area contributed by atoms with Gasteiger partial charge in [-0.3, -0.25) is 10.5 Å². The minimum Gasteiger partial charge on any atom is -0.365 e. The molecule has 1 aromatic carbocycles. The third kappa shape index (κ3) is 2.36. The van der Waals surface area contributed by atoms with E-state index in [-0.39, 0.29) is 11.8 Å². The van der Waals surface area contributed by atoms with Crippen molar-refractivity contribution in [3.8, 4) is 0 Å². The minimum absolute atomic E-state index is 0.267. The molecule has 5 N–H and O–H groups in total. The van der Waals surface area contributed by atoms with Crippen molar-refractivity contribution < 1.29 is 4.39 Å². The van der Waals surface area contributed by atoms with Gasteiger partial charge in [-0.2, -0.15) is 15.1 Å². The van der Waals surface area contributed by atoms with E-state index in [9.17, 15) is 4.39 Å². The Labute approximate surface area is 113 Å². The van der Waals surface area contributed by atoms with Gasteiger partial charge in [0.05, 0.1) is 11.6 Å². The monoisotopic (exact) mass is 273 g/mol. The number of halogens is 1. The Morgan fingerprint density at radius 2 is 2.20 bits per heavy atom. The van der Waals surface area contributed by atoms with Gasteiger partial charge in [-0.25, -0.2) is 10.2 Å². The molecule has 3 rings (SSSR count). The predicted molar refractivity (Wildman–Crippen MR) is 73.2 cm³/mol. The number of hydrazine groups is 1. The lowest BCUT2D eigenvalue weighted by Gasteiger charge is -2.08. The predicted octanol–water partition coefficient (Wildman–Crippen LogP) is 1.39. The smallest absolute Gasteiger partial charge is 0.241 e. The summed E-state index contributed by atoms with van der Waals surface area (Å²) in [5.41, 5.74) is 3.76. The number of anilines is 2. The number of rotatable bonds is 4. The van der Waals surface area contributed by atoms with E-state index in [4.69, 9.17) is 5.84 Å². The summed E-state index contributed by atoms with van der Waals surface area (Å²) >= 11 is 0. The van der Waals surface area contributed by atoms with Crippen molar-refractivity contribution in [1.82, 2.24) is 20.2 Å². The number of aromatic nitrogens is 4. The first-order chi connectivity index (χ1) is 9.76. The van der Waals surface area contributed by atoms with Gasteiger partial charge in [-0.05, 0) is 17.7 Å². The van der Waals surface area contributed by atoms with Crippen LogP contribution in [0.25, 0.3) is 11.0 Å². The van der Waals surface area contributed by atoms with Crippen molar-refractivity contribution in [1.29, 1.82) is 0 Å². The molecule has 0 fully saturated rings. The molecule has 7 nitrogen and oxygen atoms in total. The summed E-state index contributed by atoms with van der Waals surface area (Å²) in [7, 11) is 0. The Morgan fingerprint density at radius 3 is 3.00 bits per heavy atom. The van der Waals surface area contributed by atoms with Crippen LogP contribution in [0.4, 0.5) is 16.2 Å². The highest BCUT2D eigenvalue weighted by Crippen LogP contribution is 2.20. The zero-order valence-corrected chi connectivity index (χ0v) is 10.4. The first kappa shape index (κ1) is 12.3. The number of nitrogens with one attached hydrogen (secondary N) is 3. The lowest BCUT2D eigenvalue weighted by molar-refractivity contribution is 0.626. The van der Waals surface area contributed by atoms with Crippen molar-refractivity contribution >= 4 is 22.8 Å². The third-order valence-corrected chi connectivity index (χ3v) is 2.79. The second-order valence-corrected chi connectivity index (χ2v) is 4.16. The summed E-state index contributed by atoms with van der Waals surface area (Å²) in [4.78, 5) is 8.34. The summed E-state index contributed by atoms with van der Waals surface area (Å²) in [5, 5.41) is 10.5. The van der Waals surface area contributed by atoms with Crippen molar-refractivity contribution in [3.63, 3.8) is 0 Å². The number of benzene rings is 1. The first-order valence-corrected chi connectivity index (χ1v) is 5.92. The molecule has 0 saturated heterocycles. The second-order valence-electron chi connectivity index (χ2n) is 4.16. The lowest BCUT2D eigenvalue weighted by Crippen LogP contribution is -2.12. The van der Waals surface area contributed by atoms with Crippen LogP contribution < -0.4 is 16.6 Å². The molecule has 0 saturated carbocycles. The molecule has 0 atom stereocenters. The van der Waals surface area contributed by atoms with Gasteiger partial charge < -0.3 is 5.32 Å². The van der Waals surface area contributed by atoms with Crippen LogP contribution >= 0.6 is 0 Å². The summed E-state index contributed by atoms with van der Waals surface area (Å²) in [5.74, 6) is 5.88. The molecule has 2 heterocycles. The van der Waals surface area contributed by atoms with E-state index in [1.807, 2.05) is 6.07 Å². The Morgan fingerprint density at radius 1 is 1.30 bits per heavy atom. The van der Waals surface area contributed by atoms with Crippen LogP contribution in [0.15, 0.2) is 30.5 Å². The van der Waals surface area contributed by atoms with Crippen LogP contribution in [0.1, 0.15) is 5.56 Å². The molecule has 0 bridgehead atoms. The topological polar surface area (TPSA) is 105 Å². The molecule has 0 aliphatic rings. The number of hydrogen-bond donors (Lipinski definition) is 4. The Balaban J connectivity index is 1.88. The largest absolute Gasteiger partial charge is 0.365 e. The van der Waals surface area contributed by atoms with Crippen LogP contribution in [0, 0.1) is 5.82 Å². The highest BCUT2D eigenvalue weighted by molar-refractivity contribution is 5.86. The van der Waals surface area contributed by atoms with Crippen LogP contribution in [-0.4, -0.2) is 20.2 Å². The molecule has 0 spiro atoms. The van der Waals surface area contributed by atoms with E-state index in [0.29, 0.717) is 18.0 Å². The molecular formula is C12H12FN7. The molecule has 102 valence electrons. The fourth-order valence-electron chi connectivity index (χ4n) is 1.87. The normalized spacial score (nSPS) is 10.7. The highest BCUT2D eigenvalue weighted by Gasteiger charge is 2.08. The SMILES string of the molecule is NNc1nc(NCc2cccc(F)c2)c2cn[nH]c2n1. The number of nitrogens with zero attached hydrogens (tertiary/aromatic N) is 3. The lowest BCUT2D eigenvalue weighted by atomic mass is 10.2. The van der Waals surface area contributed by atoms with E-state index < -0.39 is 0 Å². The van der Waals surface area contributed by atoms with Crippen molar-refractivity contribution in [2.45, 2.75) is 6.54 Å². The number of nitrogen functional groups attached to an aromatic ring is 1. The summed E-state index contributed by atoms with van der Waals surface area (Å²) < 4.78 is 13.1. The molecule has 0 amide bonds. The first-order valence-electron chi connectivity index (χ1n) is 5.92. The van der Waals surface area contributed by atoms with E-state index in [1.54, 1.807) is 12.3 Å². The van der Waals surface area contributed by atoms with E-state index in [0.717, 1.165) is 10.9 Å². The van der Waals surface area contributed by atoms with Crippen molar-refractivity contribution in [3.05, 3.63) is 41.8 Å². The Kier molecular flexibility index (Phi) is 3.13. The molecule has 0 aliphatic heterocycles. The van der Waals surface area contributed by atoms with Crippen LogP contribution in [-0.2, 0) is 6.54 Å². The summed E-state index contributed by atoms with van der Waals surface area (Å²) in [6.07, 6.45) is 1.61. The van der Waals surface area contributed by atoms with Crippen LogP contribution in [0.5, 0.6) is 0 Å². The van der Waals surface area contributed by atoms with Gasteiger partial charge in [-0.1, -0.05) is 12.1 Å². The maximum absolute atomic E-state index is 13.1. The van der Waals surface area contributed by atoms with Crippen LogP contribution in [0.3, 0.4) is 0 Å². The van der Waals surface area contributed by atoms with Gasteiger partial charge in [-0.15, -0.1) is 0 Å². The number of nitrogens with two attached hydrogens (primary N) is 1. The Hall–Kier alpha value is -2.74. The number of fused-ring (bicyclic) bond motifs is 1. The van der Waals surface area contributed by atoms with Crippen molar-refractivity contribution in [2.75, 3.05) is 10.7 Å². The van der Waals surface area contributed by atoms with Crippen LogP contribution in [0.2, 0.25) is 0 Å². The fraction of sp³-hybridized carbons (Fsp3) is 0.0833. The molecule has 0 aliphatic carbocycles. The zero-order valence-electron chi connectivity index (χ0n) is 10.4. The molecular weight excluding hydrogens is 261 g/mol. The minimum atomic E-state index is -0.273. The molecule has 0 radical (unpaired) electrons. The zero-order chi connectivity index (χ0) is 13.9. The van der Waals surface area contributed by atoms with E-state index in [2.05, 4.69) is 30.9 Å². The quantitative estimate of drug-likeness (QED) is 0.423. The molecule has 8 heteroatoms. The second kappa shape index (κ2) is 5.10. The number of aromatic amines is 1. The highest BCUT2D eigenvalue weighted by atomic mass is 19.1. The van der Waals surface area contributed by atoms with Gasteiger partial charge in [0.15, 0.2) is 5.65 Å². The third-order valence-electron chi connectivity index (χ3n) is 2.79. The maximum atomic E-state index is 13.1. The van der Waals surface area contributed by atoms with Gasteiger partial charge in [0.25, 0.3) is 0 Å². The maximum Gasteiger partial charge on any atom is 0.241 e. The van der Waals surface area contributed by atoms with Gasteiger partial charge in [0, 0.05) is 6.54 Å². The summed E-state index contributed by atoms with van der Waals surface area (Å²) in [6, 6.07) is 6.35. The number of hydrogen-bond acceptors (Lipinski definition) is 6. The van der Waals surface area contributed by atoms with Gasteiger partial charge >= 0.3 is 0 Å². The standard InChI is InChI=1S/C12H12FN7/c13-8-3-1-2-7(4-8)5-15-10-9-6-16-20-11(9)18-12(17-10)19-14/h1-4,6H,5,14H2,(H3,15,16,17,18,19,20). The van der Waals surface area contributed by atoms with E-state index in [1.165, 1.54) is 12.1 Å². The fourth-order valence-corrected chi connectivity index (χ4v) is 1.87. The molecule has 3 aromatic rings. The van der Waals surface area contributed by atoms with Gasteiger partial charge in [0.1, 0.15) is 11.6 Å². The van der Waals surface area contributed by atoms with Gasteiger partial charge in [0.2, 0.25) is 5.95 Å². The summed E-state index contributed by atoms with van der Waals surface area (Å²) in [6.45, 7) is 0.430. The Bertz CT molecular complexity index is 740.